The molecular weight excluding hydrogens is 280 g/mol. The highest BCUT2D eigenvalue weighted by molar-refractivity contribution is 7.10. The molecule has 2 heterocycles. The Hall–Kier alpha value is -2.14. The number of hydrogen-bond acceptors (Lipinski definition) is 5. The first-order valence-electron chi connectivity index (χ1n) is 6.84. The first-order chi connectivity index (χ1) is 10.1. The van der Waals surface area contributed by atoms with E-state index < -0.39 is 0 Å². The van der Waals surface area contributed by atoms with Crippen molar-refractivity contribution >= 4 is 33.7 Å². The Labute approximate surface area is 128 Å². The molecule has 0 amide bonds. The number of anilines is 2. The fourth-order valence-electron chi connectivity index (χ4n) is 2.27. The zero-order valence-corrected chi connectivity index (χ0v) is 12.9. The molecule has 5 heteroatoms. The van der Waals surface area contributed by atoms with Crippen LogP contribution in [0.4, 0.5) is 11.5 Å². The predicted molar refractivity (Wildman–Crippen MR) is 89.8 cm³/mol. The van der Waals surface area contributed by atoms with Gasteiger partial charge in [0.25, 0.3) is 0 Å². The van der Waals surface area contributed by atoms with Crippen molar-refractivity contribution in [2.75, 3.05) is 17.6 Å². The Bertz CT molecular complexity index is 750. The molecule has 0 bridgehead atoms. The molecule has 3 rings (SSSR count). The maximum Gasteiger partial charge on any atom is 0.137 e. The SMILES string of the molecule is CC(C)(CNc1ncnc2cc(N)ccc12)c1cccs1. The highest BCUT2D eigenvalue weighted by Crippen LogP contribution is 2.29. The van der Waals surface area contributed by atoms with Crippen molar-refractivity contribution in [1.82, 2.24) is 9.97 Å². The molecule has 0 saturated carbocycles. The van der Waals surface area contributed by atoms with Crippen LogP contribution in [0.25, 0.3) is 10.9 Å². The molecule has 4 nitrogen and oxygen atoms in total. The van der Waals surface area contributed by atoms with Gasteiger partial charge in [-0.25, -0.2) is 9.97 Å². The second-order valence-electron chi connectivity index (χ2n) is 5.71. The summed E-state index contributed by atoms with van der Waals surface area (Å²) in [6, 6.07) is 9.97. The molecule has 0 unspecified atom stereocenters. The summed E-state index contributed by atoms with van der Waals surface area (Å²) >= 11 is 1.78. The van der Waals surface area contributed by atoms with Crippen LogP contribution in [0, 0.1) is 0 Å². The number of thiophene rings is 1. The van der Waals surface area contributed by atoms with E-state index in [1.807, 2.05) is 18.2 Å². The van der Waals surface area contributed by atoms with Crippen LogP contribution in [-0.2, 0) is 5.41 Å². The van der Waals surface area contributed by atoms with Crippen LogP contribution < -0.4 is 11.1 Å². The number of nitrogens with one attached hydrogen (secondary N) is 1. The number of nitrogens with two attached hydrogens (primary N) is 1. The summed E-state index contributed by atoms with van der Waals surface area (Å²) in [6.45, 7) is 5.27. The summed E-state index contributed by atoms with van der Waals surface area (Å²) in [5.74, 6) is 0.852. The number of nitrogen functional groups attached to an aromatic ring is 1. The molecule has 108 valence electrons. The summed E-state index contributed by atoms with van der Waals surface area (Å²) in [6.07, 6.45) is 1.57. The lowest BCUT2D eigenvalue weighted by atomic mass is 9.91. The Morgan fingerprint density at radius 3 is 2.86 bits per heavy atom. The van der Waals surface area contributed by atoms with Gasteiger partial charge in [0.05, 0.1) is 5.52 Å². The minimum Gasteiger partial charge on any atom is -0.399 e. The average molecular weight is 298 g/mol. The largest absolute Gasteiger partial charge is 0.399 e. The van der Waals surface area contributed by atoms with E-state index in [1.54, 1.807) is 17.7 Å². The van der Waals surface area contributed by atoms with Crippen molar-refractivity contribution in [3.05, 3.63) is 46.9 Å². The van der Waals surface area contributed by atoms with Gasteiger partial charge < -0.3 is 11.1 Å². The lowest BCUT2D eigenvalue weighted by Crippen LogP contribution is -2.27. The van der Waals surface area contributed by atoms with E-state index in [0.29, 0.717) is 5.69 Å². The number of hydrogen-bond donors (Lipinski definition) is 2. The van der Waals surface area contributed by atoms with Crippen LogP contribution in [0.15, 0.2) is 42.0 Å². The molecule has 0 aliphatic rings. The highest BCUT2D eigenvalue weighted by atomic mass is 32.1. The highest BCUT2D eigenvalue weighted by Gasteiger charge is 2.21. The zero-order valence-electron chi connectivity index (χ0n) is 12.1. The quantitative estimate of drug-likeness (QED) is 0.721. The van der Waals surface area contributed by atoms with Gasteiger partial charge in [0.2, 0.25) is 0 Å². The van der Waals surface area contributed by atoms with Crippen LogP contribution in [0.1, 0.15) is 18.7 Å². The fraction of sp³-hybridized carbons (Fsp3) is 0.250. The molecule has 0 aliphatic heterocycles. The van der Waals surface area contributed by atoms with Crippen molar-refractivity contribution in [2.24, 2.45) is 0 Å². The van der Waals surface area contributed by atoms with E-state index in [4.69, 9.17) is 5.73 Å². The van der Waals surface area contributed by atoms with Crippen molar-refractivity contribution in [3.63, 3.8) is 0 Å². The third-order valence-electron chi connectivity index (χ3n) is 3.55. The van der Waals surface area contributed by atoms with Gasteiger partial charge in [-0.15, -0.1) is 11.3 Å². The maximum absolute atomic E-state index is 5.80. The molecule has 3 N–H and O–H groups in total. The lowest BCUT2D eigenvalue weighted by Gasteiger charge is -2.24. The third-order valence-corrected chi connectivity index (χ3v) is 4.78. The molecule has 0 atom stereocenters. The van der Waals surface area contributed by atoms with Gasteiger partial charge in [0, 0.05) is 27.9 Å². The Kier molecular flexibility index (Phi) is 3.51. The van der Waals surface area contributed by atoms with Gasteiger partial charge >= 0.3 is 0 Å². The summed E-state index contributed by atoms with van der Waals surface area (Å²) in [7, 11) is 0. The number of rotatable bonds is 4. The molecule has 0 spiro atoms. The summed E-state index contributed by atoms with van der Waals surface area (Å²) in [4.78, 5) is 9.99. The smallest absolute Gasteiger partial charge is 0.137 e. The van der Waals surface area contributed by atoms with Crippen LogP contribution >= 0.6 is 11.3 Å². The number of nitrogens with zero attached hydrogens (tertiary/aromatic N) is 2. The van der Waals surface area contributed by atoms with E-state index in [-0.39, 0.29) is 5.41 Å². The molecule has 0 radical (unpaired) electrons. The Morgan fingerprint density at radius 2 is 2.10 bits per heavy atom. The minimum atomic E-state index is 0.0548. The van der Waals surface area contributed by atoms with Crippen LogP contribution in [-0.4, -0.2) is 16.5 Å². The Balaban J connectivity index is 1.86. The minimum absolute atomic E-state index is 0.0548. The average Bonchev–Trinajstić information content (AvgIpc) is 2.99. The molecule has 0 fully saturated rings. The van der Waals surface area contributed by atoms with E-state index >= 15 is 0 Å². The topological polar surface area (TPSA) is 63.8 Å². The number of benzene rings is 1. The molecule has 3 aromatic rings. The first kappa shape index (κ1) is 13.8. The predicted octanol–water partition coefficient (Wildman–Crippen LogP) is 3.66. The summed E-state index contributed by atoms with van der Waals surface area (Å²) in [5.41, 5.74) is 7.43. The van der Waals surface area contributed by atoms with Gasteiger partial charge in [-0.3, -0.25) is 0 Å². The number of aromatic nitrogens is 2. The van der Waals surface area contributed by atoms with E-state index in [9.17, 15) is 0 Å². The van der Waals surface area contributed by atoms with Crippen molar-refractivity contribution < 1.29 is 0 Å². The zero-order chi connectivity index (χ0) is 14.9. The van der Waals surface area contributed by atoms with Gasteiger partial charge in [-0.1, -0.05) is 19.9 Å². The van der Waals surface area contributed by atoms with Crippen molar-refractivity contribution in [1.29, 1.82) is 0 Å². The second kappa shape index (κ2) is 5.33. The van der Waals surface area contributed by atoms with Crippen molar-refractivity contribution in [3.8, 4) is 0 Å². The molecule has 0 aliphatic carbocycles. The fourth-order valence-corrected chi connectivity index (χ4v) is 3.12. The van der Waals surface area contributed by atoms with Crippen LogP contribution in [0.3, 0.4) is 0 Å². The van der Waals surface area contributed by atoms with E-state index in [0.717, 1.165) is 23.3 Å². The van der Waals surface area contributed by atoms with Gasteiger partial charge in [0.1, 0.15) is 12.1 Å². The van der Waals surface area contributed by atoms with E-state index in [1.165, 1.54) is 4.88 Å². The lowest BCUT2D eigenvalue weighted by molar-refractivity contribution is 0.568. The van der Waals surface area contributed by atoms with Crippen LogP contribution in [0.2, 0.25) is 0 Å². The normalized spacial score (nSPS) is 11.7. The molecule has 21 heavy (non-hydrogen) atoms. The number of fused-ring (bicyclic) bond motifs is 1. The van der Waals surface area contributed by atoms with Gasteiger partial charge in [-0.2, -0.15) is 0 Å². The second-order valence-corrected chi connectivity index (χ2v) is 6.66. The monoisotopic (exact) mass is 298 g/mol. The van der Waals surface area contributed by atoms with Gasteiger partial charge in [-0.05, 0) is 29.6 Å². The van der Waals surface area contributed by atoms with Crippen LogP contribution in [0.5, 0.6) is 0 Å². The third kappa shape index (κ3) is 2.83. The molecule has 1 aromatic carbocycles. The summed E-state index contributed by atoms with van der Waals surface area (Å²) < 4.78 is 0. The standard InChI is InChI=1S/C16H18N4S/c1-16(2,14-4-3-7-21-14)9-18-15-12-6-5-11(17)8-13(12)19-10-20-15/h3-8,10H,9,17H2,1-2H3,(H,18,19,20). The van der Waals surface area contributed by atoms with E-state index in [2.05, 4.69) is 46.6 Å². The Morgan fingerprint density at radius 1 is 1.24 bits per heavy atom. The maximum atomic E-state index is 5.80. The molecular formula is C16H18N4S. The molecule has 0 saturated heterocycles. The van der Waals surface area contributed by atoms with Gasteiger partial charge in [0.15, 0.2) is 0 Å². The summed E-state index contributed by atoms with van der Waals surface area (Å²) in [5, 5.41) is 6.56. The molecule has 2 aromatic heterocycles. The van der Waals surface area contributed by atoms with Crippen molar-refractivity contribution in [2.45, 2.75) is 19.3 Å². The first-order valence-corrected chi connectivity index (χ1v) is 7.72.